The number of nitrogens with zero attached hydrogens (tertiary/aromatic N) is 1. The molecule has 3 nitrogen and oxygen atoms in total. The number of thiophene rings is 1. The van der Waals surface area contributed by atoms with Crippen LogP contribution in [0.4, 0.5) is 13.2 Å². The molecule has 0 aromatic carbocycles. The summed E-state index contributed by atoms with van der Waals surface area (Å²) in [5.74, 6) is 0.605. The number of piperidine rings is 1. The molecule has 0 bridgehead atoms. The fourth-order valence-corrected chi connectivity index (χ4v) is 3.83. The van der Waals surface area contributed by atoms with Crippen molar-refractivity contribution >= 4 is 11.3 Å². The normalized spacial score (nSPS) is 23.5. The van der Waals surface area contributed by atoms with Gasteiger partial charge in [0.25, 0.3) is 0 Å². The summed E-state index contributed by atoms with van der Waals surface area (Å²) in [7, 11) is 0. The first kappa shape index (κ1) is 15.7. The minimum atomic E-state index is -4.32. The van der Waals surface area contributed by atoms with Crippen molar-refractivity contribution in [2.75, 3.05) is 19.6 Å². The molecule has 122 valence electrons. The van der Waals surface area contributed by atoms with Crippen molar-refractivity contribution in [2.24, 2.45) is 5.92 Å². The molecule has 1 unspecified atom stereocenters. The molecule has 1 fully saturated rings. The summed E-state index contributed by atoms with van der Waals surface area (Å²) >= 11 is 1.48. The van der Waals surface area contributed by atoms with Crippen LogP contribution in [0.1, 0.15) is 30.3 Å². The van der Waals surface area contributed by atoms with Gasteiger partial charge in [-0.15, -0.1) is 11.3 Å². The number of hydrogen-bond donors (Lipinski definition) is 2. The van der Waals surface area contributed by atoms with Gasteiger partial charge < -0.3 is 15.5 Å². The molecule has 2 aliphatic rings. The van der Waals surface area contributed by atoms with Gasteiger partial charge in [0.05, 0.1) is 0 Å². The van der Waals surface area contributed by atoms with E-state index in [0.717, 1.165) is 37.2 Å². The molecule has 0 saturated carbocycles. The quantitative estimate of drug-likeness (QED) is 0.885. The van der Waals surface area contributed by atoms with Crippen LogP contribution in [0.5, 0.6) is 0 Å². The van der Waals surface area contributed by atoms with Crippen LogP contribution in [0.3, 0.4) is 0 Å². The van der Waals surface area contributed by atoms with Crippen molar-refractivity contribution in [1.29, 1.82) is 0 Å². The van der Waals surface area contributed by atoms with Gasteiger partial charge in [-0.05, 0) is 49.7 Å². The Morgan fingerprint density at radius 1 is 1.27 bits per heavy atom. The highest BCUT2D eigenvalue weighted by molar-refractivity contribution is 7.10. The number of hydrogen-bond acceptors (Lipinski definition) is 4. The minimum absolute atomic E-state index is 0.390. The van der Waals surface area contributed by atoms with E-state index in [1.54, 1.807) is 4.90 Å². The van der Waals surface area contributed by atoms with E-state index in [2.05, 4.69) is 10.6 Å². The fraction of sp³-hybridized carbons (Fsp3) is 0.600. The molecule has 0 spiro atoms. The topological polar surface area (TPSA) is 27.3 Å². The predicted molar refractivity (Wildman–Crippen MR) is 81.3 cm³/mol. The molecule has 1 aromatic heterocycles. The van der Waals surface area contributed by atoms with Crippen LogP contribution < -0.4 is 10.6 Å². The smallest absolute Gasteiger partial charge is 0.356 e. The molecular weight excluding hydrogens is 311 g/mol. The predicted octanol–water partition coefficient (Wildman–Crippen LogP) is 3.45. The molecule has 1 atom stereocenters. The minimum Gasteiger partial charge on any atom is -0.356 e. The van der Waals surface area contributed by atoms with E-state index >= 15 is 0 Å². The molecule has 0 amide bonds. The number of nitrogens with one attached hydrogen (secondary N) is 2. The largest absolute Gasteiger partial charge is 0.432 e. The highest BCUT2D eigenvalue weighted by Crippen LogP contribution is 2.35. The third-order valence-electron chi connectivity index (χ3n) is 4.29. The SMILES string of the molecule is FC(F)(F)C1=CN(CCC2CCNCC2)C(c2cccs2)N1. The molecule has 3 rings (SSSR count). The molecule has 7 heteroatoms. The number of alkyl halides is 3. The highest BCUT2D eigenvalue weighted by Gasteiger charge is 2.41. The lowest BCUT2D eigenvalue weighted by Crippen LogP contribution is -2.32. The molecule has 3 heterocycles. The van der Waals surface area contributed by atoms with Gasteiger partial charge in [-0.25, -0.2) is 0 Å². The second kappa shape index (κ2) is 6.50. The summed E-state index contributed by atoms with van der Waals surface area (Å²) in [5, 5.41) is 7.84. The van der Waals surface area contributed by atoms with Crippen LogP contribution in [-0.2, 0) is 0 Å². The Morgan fingerprint density at radius 3 is 2.68 bits per heavy atom. The second-order valence-electron chi connectivity index (χ2n) is 5.82. The van der Waals surface area contributed by atoms with E-state index in [4.69, 9.17) is 0 Å². The van der Waals surface area contributed by atoms with E-state index in [1.165, 1.54) is 17.5 Å². The maximum Gasteiger partial charge on any atom is 0.432 e. The van der Waals surface area contributed by atoms with Crippen LogP contribution in [0.15, 0.2) is 29.4 Å². The van der Waals surface area contributed by atoms with Crippen molar-refractivity contribution in [1.82, 2.24) is 15.5 Å². The summed E-state index contributed by atoms with van der Waals surface area (Å²) in [6.45, 7) is 2.68. The zero-order valence-corrected chi connectivity index (χ0v) is 13.0. The maximum absolute atomic E-state index is 13.0. The first-order valence-corrected chi connectivity index (χ1v) is 8.47. The van der Waals surface area contributed by atoms with Gasteiger partial charge >= 0.3 is 6.18 Å². The fourth-order valence-electron chi connectivity index (χ4n) is 3.04. The Labute approximate surface area is 132 Å². The van der Waals surface area contributed by atoms with Crippen molar-refractivity contribution in [3.63, 3.8) is 0 Å². The average Bonchev–Trinajstić information content (AvgIpc) is 3.14. The second-order valence-corrected chi connectivity index (χ2v) is 6.80. The summed E-state index contributed by atoms with van der Waals surface area (Å²) < 4.78 is 38.9. The summed E-state index contributed by atoms with van der Waals surface area (Å²) in [6, 6.07) is 3.76. The van der Waals surface area contributed by atoms with Crippen molar-refractivity contribution < 1.29 is 13.2 Å². The maximum atomic E-state index is 13.0. The van der Waals surface area contributed by atoms with Gasteiger partial charge in [0.15, 0.2) is 0 Å². The molecule has 1 saturated heterocycles. The van der Waals surface area contributed by atoms with Crippen molar-refractivity contribution in [3.05, 3.63) is 34.3 Å². The molecule has 2 aliphatic heterocycles. The lowest BCUT2D eigenvalue weighted by Gasteiger charge is -2.28. The Morgan fingerprint density at radius 2 is 2.05 bits per heavy atom. The van der Waals surface area contributed by atoms with Gasteiger partial charge in [0.2, 0.25) is 0 Å². The molecule has 1 aromatic rings. The summed E-state index contributed by atoms with van der Waals surface area (Å²) in [4.78, 5) is 2.72. The van der Waals surface area contributed by atoms with E-state index in [1.807, 2.05) is 17.5 Å². The number of halogens is 3. The van der Waals surface area contributed by atoms with Gasteiger partial charge in [0.1, 0.15) is 11.9 Å². The Balaban J connectivity index is 1.67. The Kier molecular flexibility index (Phi) is 4.63. The van der Waals surface area contributed by atoms with Crippen molar-refractivity contribution in [2.45, 2.75) is 31.6 Å². The monoisotopic (exact) mass is 331 g/mol. The first-order chi connectivity index (χ1) is 10.5. The average molecular weight is 331 g/mol. The van der Waals surface area contributed by atoms with Crippen molar-refractivity contribution in [3.8, 4) is 0 Å². The van der Waals surface area contributed by atoms with Crippen LogP contribution in [0, 0.1) is 5.92 Å². The van der Waals surface area contributed by atoms with Gasteiger partial charge in [0, 0.05) is 17.6 Å². The summed E-state index contributed by atoms with van der Waals surface area (Å²) in [6.07, 6.45) is -0.308. The van der Waals surface area contributed by atoms with Crippen LogP contribution in [0.2, 0.25) is 0 Å². The third kappa shape index (κ3) is 3.57. The van der Waals surface area contributed by atoms with Crippen LogP contribution >= 0.6 is 11.3 Å². The van der Waals surface area contributed by atoms with Gasteiger partial charge in [-0.2, -0.15) is 13.2 Å². The molecule has 22 heavy (non-hydrogen) atoms. The standard InChI is InChI=1S/C15H20F3N3S/c16-15(17,18)13-10-21(8-5-11-3-6-19-7-4-11)14(20-13)12-2-1-9-22-12/h1-2,9-11,14,19-20H,3-8H2. The summed E-state index contributed by atoms with van der Waals surface area (Å²) in [5.41, 5.74) is -0.642. The van der Waals surface area contributed by atoms with E-state index in [-0.39, 0.29) is 0 Å². The highest BCUT2D eigenvalue weighted by atomic mass is 32.1. The van der Waals surface area contributed by atoms with E-state index in [0.29, 0.717) is 12.5 Å². The van der Waals surface area contributed by atoms with E-state index in [9.17, 15) is 13.2 Å². The lowest BCUT2D eigenvalue weighted by atomic mass is 9.94. The zero-order chi connectivity index (χ0) is 15.6. The Bertz CT molecular complexity index is 507. The van der Waals surface area contributed by atoms with Crippen LogP contribution in [0.25, 0.3) is 0 Å². The lowest BCUT2D eigenvalue weighted by molar-refractivity contribution is -0.0963. The zero-order valence-electron chi connectivity index (χ0n) is 12.2. The first-order valence-electron chi connectivity index (χ1n) is 7.59. The number of rotatable bonds is 4. The Hall–Kier alpha value is -1.21. The molecule has 0 radical (unpaired) electrons. The van der Waals surface area contributed by atoms with Crippen LogP contribution in [-0.4, -0.2) is 30.7 Å². The van der Waals surface area contributed by atoms with E-state index < -0.39 is 18.0 Å². The molecular formula is C15H20F3N3S. The van der Waals surface area contributed by atoms with Gasteiger partial charge in [-0.3, -0.25) is 0 Å². The van der Waals surface area contributed by atoms with Gasteiger partial charge in [-0.1, -0.05) is 6.07 Å². The third-order valence-corrected chi connectivity index (χ3v) is 5.22. The number of allylic oxidation sites excluding steroid dienone is 1. The molecule has 2 N–H and O–H groups in total. The molecule has 0 aliphatic carbocycles.